The summed E-state index contributed by atoms with van der Waals surface area (Å²) in [5.74, 6) is 1.68. The summed E-state index contributed by atoms with van der Waals surface area (Å²) in [5.41, 5.74) is 1.79. The molecule has 0 spiro atoms. The summed E-state index contributed by atoms with van der Waals surface area (Å²) in [6.45, 7) is 0. The summed E-state index contributed by atoms with van der Waals surface area (Å²) in [5, 5.41) is 8.99. The van der Waals surface area contributed by atoms with Crippen molar-refractivity contribution in [3.63, 3.8) is 0 Å². The maximum Gasteiger partial charge on any atom is 0.416 e. The van der Waals surface area contributed by atoms with Gasteiger partial charge in [-0.3, -0.25) is 4.98 Å². The van der Waals surface area contributed by atoms with Gasteiger partial charge in [0.25, 0.3) is 0 Å². The molecule has 0 N–H and O–H groups in total. The van der Waals surface area contributed by atoms with Crippen molar-refractivity contribution in [3.05, 3.63) is 84.1 Å². The van der Waals surface area contributed by atoms with E-state index in [9.17, 15) is 13.2 Å². The molecule has 4 aromatic rings. The number of hydrogen-bond donors (Lipinski definition) is 0. The third kappa shape index (κ3) is 5.05. The number of nitrogens with zero attached hydrogens (tertiary/aromatic N) is 4. The van der Waals surface area contributed by atoms with Crippen molar-refractivity contribution in [2.45, 2.75) is 17.0 Å². The van der Waals surface area contributed by atoms with Crippen LogP contribution in [0.2, 0.25) is 0 Å². The van der Waals surface area contributed by atoms with Crippen molar-refractivity contribution in [2.24, 2.45) is 0 Å². The Hall–Kier alpha value is -3.46. The average molecular weight is 454 g/mol. The normalized spacial score (nSPS) is 11.4. The van der Waals surface area contributed by atoms with Gasteiger partial charge in [0.1, 0.15) is 22.2 Å². The Kier molecular flexibility index (Phi) is 6.36. The van der Waals surface area contributed by atoms with Gasteiger partial charge in [-0.1, -0.05) is 42.1 Å². The lowest BCUT2D eigenvalue weighted by molar-refractivity contribution is -0.137. The zero-order chi connectivity index (χ0) is 22.6. The smallest absolute Gasteiger partial charge is 0.416 e. The molecule has 0 aliphatic carbocycles. The zero-order valence-corrected chi connectivity index (χ0v) is 17.7. The number of rotatable bonds is 6. The first-order chi connectivity index (χ1) is 15.4. The van der Waals surface area contributed by atoms with Crippen molar-refractivity contribution in [2.75, 3.05) is 7.11 Å². The van der Waals surface area contributed by atoms with Crippen LogP contribution in [0, 0.1) is 0 Å². The van der Waals surface area contributed by atoms with Crippen LogP contribution < -0.4 is 4.74 Å². The summed E-state index contributed by atoms with van der Waals surface area (Å²) in [6, 6.07) is 17.8. The van der Waals surface area contributed by atoms with Crippen LogP contribution in [0.25, 0.3) is 22.8 Å². The first-order valence-electron chi connectivity index (χ1n) is 9.53. The van der Waals surface area contributed by atoms with E-state index in [0.717, 1.165) is 23.4 Å². The minimum absolute atomic E-state index is 0.346. The molecule has 2 aromatic carbocycles. The summed E-state index contributed by atoms with van der Waals surface area (Å²) < 4.78 is 44.0. The molecular formula is C23H17F3N4OS. The van der Waals surface area contributed by atoms with Gasteiger partial charge in [0, 0.05) is 17.5 Å². The van der Waals surface area contributed by atoms with Crippen molar-refractivity contribution < 1.29 is 17.9 Å². The van der Waals surface area contributed by atoms with Crippen LogP contribution in [-0.4, -0.2) is 27.3 Å². The topological polar surface area (TPSA) is 60.8 Å². The predicted molar refractivity (Wildman–Crippen MR) is 116 cm³/mol. The van der Waals surface area contributed by atoms with Crippen molar-refractivity contribution in [1.82, 2.24) is 20.2 Å². The highest BCUT2D eigenvalue weighted by molar-refractivity contribution is 7.98. The van der Waals surface area contributed by atoms with E-state index in [1.54, 1.807) is 25.4 Å². The molecule has 0 fully saturated rings. The van der Waals surface area contributed by atoms with Crippen LogP contribution >= 0.6 is 11.8 Å². The van der Waals surface area contributed by atoms with Crippen LogP contribution in [0.3, 0.4) is 0 Å². The van der Waals surface area contributed by atoms with Gasteiger partial charge in [-0.05, 0) is 42.0 Å². The van der Waals surface area contributed by atoms with E-state index in [-0.39, 0.29) is 0 Å². The molecule has 0 unspecified atom stereocenters. The molecule has 0 aliphatic heterocycles. The summed E-state index contributed by atoms with van der Waals surface area (Å²) in [6.07, 6.45) is -2.77. The highest BCUT2D eigenvalue weighted by Crippen LogP contribution is 2.34. The molecular weight excluding hydrogens is 437 g/mol. The largest absolute Gasteiger partial charge is 0.497 e. The molecule has 2 aromatic heterocycles. The molecule has 5 nitrogen and oxygen atoms in total. The summed E-state index contributed by atoms with van der Waals surface area (Å²) in [7, 11) is 1.60. The maximum atomic E-state index is 12.9. The molecule has 32 heavy (non-hydrogen) atoms. The quantitative estimate of drug-likeness (QED) is 0.337. The SMILES string of the molecule is COc1ccc(CSc2nc(-c3ccccn3)nnc2-c2ccc(C(F)(F)F)cc2)cc1. The molecule has 4 rings (SSSR count). The van der Waals surface area contributed by atoms with E-state index in [1.807, 2.05) is 30.3 Å². The molecule has 0 aliphatic rings. The number of halogens is 3. The fourth-order valence-electron chi connectivity index (χ4n) is 2.89. The second-order valence-corrected chi connectivity index (χ2v) is 7.68. The Bertz CT molecular complexity index is 1180. The molecule has 0 amide bonds. The molecule has 0 saturated heterocycles. The Morgan fingerprint density at radius 3 is 2.28 bits per heavy atom. The fourth-order valence-corrected chi connectivity index (χ4v) is 3.83. The van der Waals surface area contributed by atoms with Crippen molar-refractivity contribution in [3.8, 4) is 28.5 Å². The molecule has 2 heterocycles. The van der Waals surface area contributed by atoms with Gasteiger partial charge in [-0.2, -0.15) is 13.2 Å². The Morgan fingerprint density at radius 2 is 1.66 bits per heavy atom. The minimum Gasteiger partial charge on any atom is -0.497 e. The fraction of sp³-hybridized carbons (Fsp3) is 0.130. The van der Waals surface area contributed by atoms with Gasteiger partial charge in [0.2, 0.25) is 5.82 Å². The molecule has 0 saturated carbocycles. The number of thioether (sulfide) groups is 1. The minimum atomic E-state index is -4.41. The van der Waals surface area contributed by atoms with Gasteiger partial charge >= 0.3 is 6.18 Å². The van der Waals surface area contributed by atoms with Crippen LogP contribution in [0.15, 0.2) is 78.0 Å². The van der Waals surface area contributed by atoms with Gasteiger partial charge in [0.15, 0.2) is 0 Å². The number of benzene rings is 2. The lowest BCUT2D eigenvalue weighted by Crippen LogP contribution is -2.05. The van der Waals surface area contributed by atoms with Gasteiger partial charge in [-0.15, -0.1) is 10.2 Å². The monoisotopic (exact) mass is 454 g/mol. The van der Waals surface area contributed by atoms with E-state index in [0.29, 0.717) is 33.6 Å². The second-order valence-electron chi connectivity index (χ2n) is 6.72. The van der Waals surface area contributed by atoms with E-state index >= 15 is 0 Å². The second kappa shape index (κ2) is 9.35. The molecule has 162 valence electrons. The van der Waals surface area contributed by atoms with E-state index in [2.05, 4.69) is 20.2 Å². The van der Waals surface area contributed by atoms with Crippen LogP contribution in [-0.2, 0) is 11.9 Å². The van der Waals surface area contributed by atoms with Crippen LogP contribution in [0.1, 0.15) is 11.1 Å². The summed E-state index contributed by atoms with van der Waals surface area (Å²) in [4.78, 5) is 8.87. The Labute approximate surface area is 186 Å². The van der Waals surface area contributed by atoms with E-state index < -0.39 is 11.7 Å². The average Bonchev–Trinajstić information content (AvgIpc) is 2.83. The number of aromatic nitrogens is 4. The van der Waals surface area contributed by atoms with Crippen molar-refractivity contribution in [1.29, 1.82) is 0 Å². The number of methoxy groups -OCH3 is 1. The highest BCUT2D eigenvalue weighted by Gasteiger charge is 2.30. The van der Waals surface area contributed by atoms with Crippen molar-refractivity contribution >= 4 is 11.8 Å². The van der Waals surface area contributed by atoms with E-state index in [1.165, 1.54) is 23.9 Å². The Balaban J connectivity index is 1.68. The molecule has 9 heteroatoms. The standard InChI is InChI=1S/C23H17F3N4OS/c1-31-18-11-5-15(6-12-18)14-32-22-20(16-7-9-17(10-8-16)23(24,25)26)29-30-21(28-22)19-4-2-3-13-27-19/h2-13H,14H2,1H3. The summed E-state index contributed by atoms with van der Waals surface area (Å²) >= 11 is 1.42. The molecule has 0 bridgehead atoms. The first-order valence-corrected chi connectivity index (χ1v) is 10.5. The van der Waals surface area contributed by atoms with E-state index in [4.69, 9.17) is 4.74 Å². The van der Waals surface area contributed by atoms with Gasteiger partial charge in [-0.25, -0.2) is 4.98 Å². The zero-order valence-electron chi connectivity index (χ0n) is 16.9. The Morgan fingerprint density at radius 1 is 0.906 bits per heavy atom. The third-order valence-corrected chi connectivity index (χ3v) is 5.60. The van der Waals surface area contributed by atoms with Crippen LogP contribution in [0.4, 0.5) is 13.2 Å². The number of hydrogen-bond acceptors (Lipinski definition) is 6. The lowest BCUT2D eigenvalue weighted by atomic mass is 10.1. The lowest BCUT2D eigenvalue weighted by Gasteiger charge is -2.11. The number of alkyl halides is 3. The highest BCUT2D eigenvalue weighted by atomic mass is 32.2. The third-order valence-electron chi connectivity index (χ3n) is 4.57. The number of ether oxygens (including phenoxy) is 1. The maximum absolute atomic E-state index is 12.9. The first kappa shape index (κ1) is 21.8. The molecule has 0 atom stereocenters. The van der Waals surface area contributed by atoms with Gasteiger partial charge < -0.3 is 4.74 Å². The predicted octanol–water partition coefficient (Wildman–Crippen LogP) is 5.92. The molecule has 0 radical (unpaired) electrons. The number of pyridine rings is 1. The van der Waals surface area contributed by atoms with Crippen LogP contribution in [0.5, 0.6) is 5.75 Å². The van der Waals surface area contributed by atoms with Gasteiger partial charge in [0.05, 0.1) is 12.7 Å².